The topological polar surface area (TPSA) is 85.3 Å². The highest BCUT2D eigenvalue weighted by atomic mass is 28.4. The minimum Gasteiger partial charge on any atom is -0.489 e. The highest BCUT2D eigenvalue weighted by Crippen LogP contribution is 2.41. The Balaban J connectivity index is 1.98. The van der Waals surface area contributed by atoms with Crippen molar-refractivity contribution in [3.63, 3.8) is 0 Å². The van der Waals surface area contributed by atoms with Gasteiger partial charge in [-0.15, -0.1) is 0 Å². The Morgan fingerprint density at radius 3 is 2.02 bits per heavy atom. The molecular weight excluding hydrogens is 551 g/mol. The van der Waals surface area contributed by atoms with Crippen LogP contribution < -0.4 is 4.74 Å². The van der Waals surface area contributed by atoms with E-state index in [0.29, 0.717) is 19.0 Å². The lowest BCUT2D eigenvalue weighted by Gasteiger charge is -2.38. The standard InChI is InChI=1S/C32H49NO6Si2/c1-31(2,3)40(7,8)38-21-24-16-25(18-26(17-24)37-20-23-14-12-11-13-15-23)27-19-29(34)33(30(35)36)28(27)22-39-41(9,10)32(4,5)6/h11-18,27-28H,19-22H2,1-10H3,(H,35,36). The van der Waals surface area contributed by atoms with Crippen LogP contribution in [0.25, 0.3) is 0 Å². The van der Waals surface area contributed by atoms with Crippen LogP contribution in [0.1, 0.15) is 70.6 Å². The van der Waals surface area contributed by atoms with Crippen LogP contribution in [0.5, 0.6) is 5.75 Å². The van der Waals surface area contributed by atoms with Crippen LogP contribution in [0.4, 0.5) is 4.79 Å². The average molecular weight is 600 g/mol. The molecule has 0 aliphatic carbocycles. The second-order valence-corrected chi connectivity index (χ2v) is 23.8. The molecule has 0 saturated carbocycles. The molecule has 0 spiro atoms. The fourth-order valence-electron chi connectivity index (χ4n) is 4.36. The summed E-state index contributed by atoms with van der Waals surface area (Å²) in [5.74, 6) is -0.0817. The molecule has 226 valence electrons. The molecule has 1 N–H and O–H groups in total. The molecule has 2 aromatic rings. The lowest BCUT2D eigenvalue weighted by atomic mass is 9.90. The lowest BCUT2D eigenvalue weighted by Crippen LogP contribution is -2.47. The summed E-state index contributed by atoms with van der Waals surface area (Å²) >= 11 is 0. The van der Waals surface area contributed by atoms with Crippen LogP contribution in [-0.4, -0.2) is 51.3 Å². The molecule has 41 heavy (non-hydrogen) atoms. The van der Waals surface area contributed by atoms with E-state index in [4.69, 9.17) is 13.6 Å². The molecule has 2 atom stereocenters. The minimum atomic E-state index is -2.18. The quantitative estimate of drug-likeness (QED) is 0.277. The van der Waals surface area contributed by atoms with Gasteiger partial charge >= 0.3 is 6.09 Å². The van der Waals surface area contributed by atoms with Gasteiger partial charge in [0.15, 0.2) is 16.6 Å². The molecule has 1 aliphatic rings. The van der Waals surface area contributed by atoms with Crippen molar-refractivity contribution in [3.8, 4) is 5.75 Å². The number of nitrogens with zero attached hydrogens (tertiary/aromatic N) is 1. The Hall–Kier alpha value is -2.47. The average Bonchev–Trinajstić information content (AvgIpc) is 3.20. The van der Waals surface area contributed by atoms with Gasteiger partial charge in [0.05, 0.1) is 19.3 Å². The first-order valence-electron chi connectivity index (χ1n) is 14.5. The Morgan fingerprint density at radius 1 is 0.878 bits per heavy atom. The molecule has 1 saturated heterocycles. The fourth-order valence-corrected chi connectivity index (χ4v) is 6.35. The number of hydrogen-bond donors (Lipinski definition) is 1. The third-order valence-corrected chi connectivity index (χ3v) is 18.1. The zero-order chi connectivity index (χ0) is 30.8. The van der Waals surface area contributed by atoms with Crippen molar-refractivity contribution in [3.05, 3.63) is 65.2 Å². The number of hydrogen-bond acceptors (Lipinski definition) is 5. The van der Waals surface area contributed by atoms with Crippen LogP contribution >= 0.6 is 0 Å². The van der Waals surface area contributed by atoms with Gasteiger partial charge in [-0.1, -0.05) is 77.9 Å². The van der Waals surface area contributed by atoms with Crippen LogP contribution in [0, 0.1) is 0 Å². The number of amides is 2. The molecule has 2 aromatic carbocycles. The van der Waals surface area contributed by atoms with Gasteiger partial charge in [0, 0.05) is 12.3 Å². The van der Waals surface area contributed by atoms with E-state index in [-0.39, 0.29) is 29.0 Å². The third kappa shape index (κ3) is 8.09. The molecule has 7 nitrogen and oxygen atoms in total. The summed E-state index contributed by atoms with van der Waals surface area (Å²) in [7, 11) is -4.21. The number of rotatable bonds is 10. The maximum Gasteiger partial charge on any atom is 0.414 e. The summed E-state index contributed by atoms with van der Waals surface area (Å²) in [6.45, 7) is 22.8. The first-order chi connectivity index (χ1) is 18.8. The Morgan fingerprint density at radius 2 is 1.46 bits per heavy atom. The van der Waals surface area contributed by atoms with E-state index in [1.54, 1.807) is 0 Å². The predicted molar refractivity (Wildman–Crippen MR) is 168 cm³/mol. The normalized spacial score (nSPS) is 18.6. The predicted octanol–water partition coefficient (Wildman–Crippen LogP) is 8.17. The summed E-state index contributed by atoms with van der Waals surface area (Å²) in [5, 5.41) is 10.0. The molecule has 0 bridgehead atoms. The molecule has 3 rings (SSSR count). The number of imide groups is 1. The number of ether oxygens (including phenoxy) is 1. The van der Waals surface area contributed by atoms with Gasteiger partial charge in [0.25, 0.3) is 0 Å². The molecule has 0 radical (unpaired) electrons. The summed E-state index contributed by atoms with van der Waals surface area (Å²) in [6, 6.07) is 15.3. The number of carbonyl (C=O) groups excluding carboxylic acids is 1. The van der Waals surface area contributed by atoms with E-state index in [1.807, 2.05) is 48.5 Å². The van der Waals surface area contributed by atoms with Crippen molar-refractivity contribution in [1.82, 2.24) is 4.90 Å². The number of carboxylic acid groups (broad SMARTS) is 1. The maximum atomic E-state index is 13.0. The zero-order valence-corrected chi connectivity index (χ0v) is 28.5. The summed E-state index contributed by atoms with van der Waals surface area (Å²) in [5.41, 5.74) is 2.86. The van der Waals surface area contributed by atoms with Crippen LogP contribution in [-0.2, 0) is 26.9 Å². The van der Waals surface area contributed by atoms with E-state index >= 15 is 0 Å². The molecule has 2 amide bonds. The summed E-state index contributed by atoms with van der Waals surface area (Å²) in [4.78, 5) is 26.2. The monoisotopic (exact) mass is 599 g/mol. The van der Waals surface area contributed by atoms with Gasteiger partial charge < -0.3 is 18.7 Å². The largest absolute Gasteiger partial charge is 0.489 e. The first kappa shape index (κ1) is 33.0. The molecule has 0 aromatic heterocycles. The van der Waals surface area contributed by atoms with Crippen molar-refractivity contribution in [2.75, 3.05) is 6.61 Å². The van der Waals surface area contributed by atoms with Gasteiger partial charge in [0.1, 0.15) is 12.4 Å². The summed E-state index contributed by atoms with van der Waals surface area (Å²) < 4.78 is 19.3. The fraction of sp³-hybridized carbons (Fsp3) is 0.562. The first-order valence-corrected chi connectivity index (χ1v) is 20.3. The van der Waals surface area contributed by atoms with E-state index < -0.39 is 34.7 Å². The molecule has 9 heteroatoms. The molecular formula is C32H49NO6Si2. The summed E-state index contributed by atoms with van der Waals surface area (Å²) in [6.07, 6.45) is -1.14. The number of carbonyl (C=O) groups is 2. The van der Waals surface area contributed by atoms with Crippen molar-refractivity contribution < 1.29 is 28.3 Å². The van der Waals surface area contributed by atoms with Crippen molar-refractivity contribution in [2.45, 2.75) is 109 Å². The molecule has 2 unspecified atom stereocenters. The van der Waals surface area contributed by atoms with Gasteiger partial charge in [-0.3, -0.25) is 4.79 Å². The third-order valence-electron chi connectivity index (χ3n) is 9.16. The highest BCUT2D eigenvalue weighted by Gasteiger charge is 2.47. The Bertz CT molecular complexity index is 1220. The van der Waals surface area contributed by atoms with E-state index in [1.165, 1.54) is 0 Å². The van der Waals surface area contributed by atoms with E-state index in [0.717, 1.165) is 21.6 Å². The molecule has 1 fully saturated rings. The lowest BCUT2D eigenvalue weighted by molar-refractivity contribution is -0.127. The smallest absolute Gasteiger partial charge is 0.414 e. The van der Waals surface area contributed by atoms with Crippen molar-refractivity contribution in [1.29, 1.82) is 0 Å². The van der Waals surface area contributed by atoms with Gasteiger partial charge in [-0.05, 0) is 65.1 Å². The van der Waals surface area contributed by atoms with Gasteiger partial charge in [0.2, 0.25) is 5.91 Å². The second kappa shape index (κ2) is 12.4. The van der Waals surface area contributed by atoms with E-state index in [9.17, 15) is 14.7 Å². The Labute approximate surface area is 248 Å². The van der Waals surface area contributed by atoms with Crippen molar-refractivity contribution >= 4 is 28.6 Å². The molecule has 1 aliphatic heterocycles. The minimum absolute atomic E-state index is 0.0430. The number of benzene rings is 2. The Kier molecular flexibility index (Phi) is 10.0. The number of likely N-dealkylation sites (tertiary alicyclic amines) is 1. The second-order valence-electron chi connectivity index (χ2n) is 14.2. The molecule has 1 heterocycles. The van der Waals surface area contributed by atoms with Crippen LogP contribution in [0.2, 0.25) is 36.3 Å². The van der Waals surface area contributed by atoms with Crippen LogP contribution in [0.3, 0.4) is 0 Å². The van der Waals surface area contributed by atoms with E-state index in [2.05, 4.69) is 67.7 Å². The van der Waals surface area contributed by atoms with Gasteiger partial charge in [-0.2, -0.15) is 0 Å². The van der Waals surface area contributed by atoms with Crippen molar-refractivity contribution in [2.24, 2.45) is 0 Å². The zero-order valence-electron chi connectivity index (χ0n) is 26.5. The SMILES string of the molecule is CC(C)(C)[Si](C)(C)OCc1cc(OCc2ccccc2)cc(C2CC(=O)N(C(=O)O)C2CO[Si](C)(C)C(C)(C)C)c1. The maximum absolute atomic E-state index is 13.0. The van der Waals surface area contributed by atoms with Crippen LogP contribution in [0.15, 0.2) is 48.5 Å². The van der Waals surface area contributed by atoms with Gasteiger partial charge in [-0.25, -0.2) is 9.69 Å². The highest BCUT2D eigenvalue weighted by molar-refractivity contribution is 6.74.